The normalized spacial score (nSPS) is 20.5. The standard InChI is InChI=1S/C11H12N2/c1-8-6-9(2)11-10(13-7-8)4-3-5-12-11/h3-8H,1-2H3. The second kappa shape index (κ2) is 3.13. The number of rotatable bonds is 0. The summed E-state index contributed by atoms with van der Waals surface area (Å²) in [6.07, 6.45) is 5.95. The van der Waals surface area contributed by atoms with Crippen LogP contribution in [0.1, 0.15) is 19.5 Å². The number of aromatic nitrogens is 1. The summed E-state index contributed by atoms with van der Waals surface area (Å²) in [5.74, 6) is 0.397. The molecule has 2 nitrogen and oxygen atoms in total. The topological polar surface area (TPSA) is 25.2 Å². The lowest BCUT2D eigenvalue weighted by atomic mass is 10.1. The van der Waals surface area contributed by atoms with E-state index in [2.05, 4.69) is 29.9 Å². The molecule has 0 saturated heterocycles. The van der Waals surface area contributed by atoms with Crippen LogP contribution in [0.25, 0.3) is 5.57 Å². The number of nitrogens with zero attached hydrogens (tertiary/aromatic N) is 2. The van der Waals surface area contributed by atoms with E-state index in [4.69, 9.17) is 0 Å². The highest BCUT2D eigenvalue weighted by molar-refractivity contribution is 5.80. The maximum Gasteiger partial charge on any atom is 0.0912 e. The third-order valence-electron chi connectivity index (χ3n) is 2.12. The van der Waals surface area contributed by atoms with E-state index in [0.717, 1.165) is 11.4 Å². The zero-order valence-electron chi connectivity index (χ0n) is 7.86. The van der Waals surface area contributed by atoms with Crippen LogP contribution in [0.3, 0.4) is 0 Å². The van der Waals surface area contributed by atoms with E-state index in [1.165, 1.54) is 5.57 Å². The summed E-state index contributed by atoms with van der Waals surface area (Å²) < 4.78 is 0. The minimum absolute atomic E-state index is 0.397. The van der Waals surface area contributed by atoms with Crippen LogP contribution in [-0.2, 0) is 0 Å². The summed E-state index contributed by atoms with van der Waals surface area (Å²) in [4.78, 5) is 8.69. The molecule has 2 rings (SSSR count). The van der Waals surface area contributed by atoms with Gasteiger partial charge in [-0.15, -0.1) is 0 Å². The van der Waals surface area contributed by atoms with Crippen LogP contribution in [0.15, 0.2) is 29.4 Å². The van der Waals surface area contributed by atoms with Crippen LogP contribution in [0.2, 0.25) is 0 Å². The van der Waals surface area contributed by atoms with Crippen molar-refractivity contribution in [2.45, 2.75) is 13.8 Å². The SMILES string of the molecule is CC1=CC(C)C=Nc2cccnc21. The Labute approximate surface area is 78.0 Å². The fourth-order valence-electron chi connectivity index (χ4n) is 1.52. The number of pyridine rings is 1. The number of hydrogen-bond donors (Lipinski definition) is 0. The molecule has 0 spiro atoms. The fourth-order valence-corrected chi connectivity index (χ4v) is 1.52. The lowest BCUT2D eigenvalue weighted by molar-refractivity contribution is 1.03. The van der Waals surface area contributed by atoms with E-state index < -0.39 is 0 Å². The zero-order valence-corrected chi connectivity index (χ0v) is 7.86. The molecule has 66 valence electrons. The van der Waals surface area contributed by atoms with Crippen molar-refractivity contribution in [2.75, 3.05) is 0 Å². The molecule has 1 aromatic rings. The summed E-state index contributed by atoms with van der Waals surface area (Å²) in [7, 11) is 0. The lowest BCUT2D eigenvalue weighted by Crippen LogP contribution is -1.88. The Kier molecular flexibility index (Phi) is 1.97. The molecule has 0 N–H and O–H groups in total. The van der Waals surface area contributed by atoms with Gasteiger partial charge in [0.2, 0.25) is 0 Å². The van der Waals surface area contributed by atoms with Crippen molar-refractivity contribution < 1.29 is 0 Å². The first kappa shape index (κ1) is 8.17. The molecule has 1 aliphatic rings. The Balaban J connectivity index is 2.59. The van der Waals surface area contributed by atoms with Gasteiger partial charge in [-0.3, -0.25) is 9.98 Å². The molecule has 0 aromatic carbocycles. The van der Waals surface area contributed by atoms with Gasteiger partial charge in [0.25, 0.3) is 0 Å². The van der Waals surface area contributed by atoms with E-state index in [1.807, 2.05) is 24.5 Å². The molecule has 0 aliphatic carbocycles. The molecule has 1 aromatic heterocycles. The first-order valence-electron chi connectivity index (χ1n) is 4.45. The molecule has 2 heteroatoms. The van der Waals surface area contributed by atoms with Crippen molar-refractivity contribution in [1.82, 2.24) is 4.98 Å². The van der Waals surface area contributed by atoms with Gasteiger partial charge in [-0.05, 0) is 24.6 Å². The summed E-state index contributed by atoms with van der Waals surface area (Å²) in [6.45, 7) is 4.20. The van der Waals surface area contributed by atoms with E-state index in [9.17, 15) is 0 Å². The van der Waals surface area contributed by atoms with Gasteiger partial charge in [-0.25, -0.2) is 0 Å². The summed E-state index contributed by atoms with van der Waals surface area (Å²) in [6, 6.07) is 3.91. The maximum atomic E-state index is 4.38. The quantitative estimate of drug-likeness (QED) is 0.590. The molecule has 1 aliphatic heterocycles. The molecule has 13 heavy (non-hydrogen) atoms. The molecular formula is C11H12N2. The predicted molar refractivity (Wildman–Crippen MR) is 55.2 cm³/mol. The van der Waals surface area contributed by atoms with Gasteiger partial charge in [0.05, 0.1) is 11.4 Å². The first-order chi connectivity index (χ1) is 6.27. The van der Waals surface area contributed by atoms with Crippen molar-refractivity contribution in [1.29, 1.82) is 0 Å². The molecular weight excluding hydrogens is 160 g/mol. The Morgan fingerprint density at radius 3 is 3.08 bits per heavy atom. The number of hydrogen-bond acceptors (Lipinski definition) is 2. The zero-order chi connectivity index (χ0) is 9.26. The lowest BCUT2D eigenvalue weighted by Gasteiger charge is -2.01. The maximum absolute atomic E-state index is 4.38. The van der Waals surface area contributed by atoms with Gasteiger partial charge >= 0.3 is 0 Å². The average Bonchev–Trinajstić information content (AvgIpc) is 2.27. The third-order valence-corrected chi connectivity index (χ3v) is 2.12. The number of aliphatic imine (C=N–C) groups is 1. The van der Waals surface area contributed by atoms with Crippen LogP contribution in [0.5, 0.6) is 0 Å². The Morgan fingerprint density at radius 2 is 2.23 bits per heavy atom. The molecule has 0 fully saturated rings. The van der Waals surface area contributed by atoms with Crippen molar-refractivity contribution >= 4 is 17.5 Å². The summed E-state index contributed by atoms with van der Waals surface area (Å²) in [5.41, 5.74) is 3.18. The van der Waals surface area contributed by atoms with Crippen LogP contribution in [0, 0.1) is 5.92 Å². The minimum Gasteiger partial charge on any atom is -0.258 e. The monoisotopic (exact) mass is 172 g/mol. The van der Waals surface area contributed by atoms with E-state index in [-0.39, 0.29) is 0 Å². The van der Waals surface area contributed by atoms with Crippen molar-refractivity contribution in [3.63, 3.8) is 0 Å². The van der Waals surface area contributed by atoms with Crippen molar-refractivity contribution in [3.05, 3.63) is 30.1 Å². The van der Waals surface area contributed by atoms with Crippen molar-refractivity contribution in [2.24, 2.45) is 10.9 Å². The molecule has 0 bridgehead atoms. The van der Waals surface area contributed by atoms with Crippen LogP contribution < -0.4 is 0 Å². The Morgan fingerprint density at radius 1 is 1.38 bits per heavy atom. The van der Waals surface area contributed by atoms with E-state index >= 15 is 0 Å². The second-order valence-corrected chi connectivity index (χ2v) is 3.36. The minimum atomic E-state index is 0.397. The number of fused-ring (bicyclic) bond motifs is 1. The molecule has 0 amide bonds. The molecule has 1 unspecified atom stereocenters. The van der Waals surface area contributed by atoms with Crippen molar-refractivity contribution in [3.8, 4) is 0 Å². The van der Waals surface area contributed by atoms with Gasteiger partial charge < -0.3 is 0 Å². The van der Waals surface area contributed by atoms with Gasteiger partial charge in [0, 0.05) is 18.3 Å². The third kappa shape index (κ3) is 1.52. The highest BCUT2D eigenvalue weighted by atomic mass is 14.8. The van der Waals surface area contributed by atoms with Crippen LogP contribution >= 0.6 is 0 Å². The molecule has 0 radical (unpaired) electrons. The van der Waals surface area contributed by atoms with Gasteiger partial charge in [0.1, 0.15) is 0 Å². The summed E-state index contributed by atoms with van der Waals surface area (Å²) >= 11 is 0. The Bertz CT molecular complexity index is 377. The van der Waals surface area contributed by atoms with Crippen LogP contribution in [-0.4, -0.2) is 11.2 Å². The van der Waals surface area contributed by atoms with Gasteiger partial charge in [-0.2, -0.15) is 0 Å². The van der Waals surface area contributed by atoms with E-state index in [1.54, 1.807) is 0 Å². The van der Waals surface area contributed by atoms with Gasteiger partial charge in [0.15, 0.2) is 0 Å². The average molecular weight is 172 g/mol. The van der Waals surface area contributed by atoms with E-state index in [0.29, 0.717) is 5.92 Å². The highest BCUT2D eigenvalue weighted by Gasteiger charge is 2.08. The molecule has 1 atom stereocenters. The van der Waals surface area contributed by atoms with Gasteiger partial charge in [-0.1, -0.05) is 13.0 Å². The number of allylic oxidation sites excluding steroid dienone is 2. The second-order valence-electron chi connectivity index (χ2n) is 3.36. The fraction of sp³-hybridized carbons (Fsp3) is 0.273. The highest BCUT2D eigenvalue weighted by Crippen LogP contribution is 2.26. The molecule has 2 heterocycles. The largest absolute Gasteiger partial charge is 0.258 e. The van der Waals surface area contributed by atoms with Crippen LogP contribution in [0.4, 0.5) is 5.69 Å². The smallest absolute Gasteiger partial charge is 0.0912 e. The Hall–Kier alpha value is -1.44. The summed E-state index contributed by atoms with van der Waals surface area (Å²) in [5, 5.41) is 0. The predicted octanol–water partition coefficient (Wildman–Crippen LogP) is 2.84. The molecule has 0 saturated carbocycles. The first-order valence-corrected chi connectivity index (χ1v) is 4.45.